The molecule has 0 fully saturated rings. The van der Waals surface area contributed by atoms with Crippen LogP contribution in [0.2, 0.25) is 0 Å². The highest BCUT2D eigenvalue weighted by Crippen LogP contribution is 2.32. The van der Waals surface area contributed by atoms with Crippen LogP contribution in [0.25, 0.3) is 0 Å². The Morgan fingerprint density at radius 3 is 2.53 bits per heavy atom. The first-order valence-electron chi connectivity index (χ1n) is 4.67. The van der Waals surface area contributed by atoms with Crippen molar-refractivity contribution in [1.82, 2.24) is 0 Å². The van der Waals surface area contributed by atoms with Crippen molar-refractivity contribution >= 4 is 11.5 Å². The third-order valence-electron chi connectivity index (χ3n) is 2.16. The van der Waals surface area contributed by atoms with E-state index in [1.54, 1.807) is 0 Å². The molecular formula is C10H9F2NO4. The third kappa shape index (κ3) is 2.22. The van der Waals surface area contributed by atoms with Crippen LogP contribution in [-0.4, -0.2) is 17.8 Å². The van der Waals surface area contributed by atoms with E-state index in [1.807, 2.05) is 0 Å². The minimum absolute atomic E-state index is 0.132. The van der Waals surface area contributed by atoms with E-state index in [1.165, 1.54) is 6.92 Å². The van der Waals surface area contributed by atoms with Gasteiger partial charge in [0.25, 0.3) is 5.69 Å². The molecule has 17 heavy (non-hydrogen) atoms. The van der Waals surface area contributed by atoms with Crippen LogP contribution < -0.4 is 4.74 Å². The maximum atomic E-state index is 13.7. The smallest absolute Gasteiger partial charge is 0.286 e. The van der Waals surface area contributed by atoms with Crippen molar-refractivity contribution in [3.63, 3.8) is 0 Å². The zero-order chi connectivity index (χ0) is 13.2. The summed E-state index contributed by atoms with van der Waals surface area (Å²) < 4.78 is 31.4. The molecule has 0 N–H and O–H groups in total. The van der Waals surface area contributed by atoms with E-state index in [0.717, 1.165) is 7.11 Å². The van der Waals surface area contributed by atoms with Crippen LogP contribution in [0.5, 0.6) is 5.75 Å². The molecule has 0 bridgehead atoms. The number of ketones is 1. The summed E-state index contributed by atoms with van der Waals surface area (Å²) in [4.78, 5) is 21.0. The Morgan fingerprint density at radius 2 is 2.12 bits per heavy atom. The largest absolute Gasteiger partial charge is 0.491 e. The molecule has 0 saturated heterocycles. The standard InChI is InChI=1S/C10H9F2NO4/c1-3-7(14)8-6(13(15)16)4-5(11)10(17-2)9(8)12/h4H,3H2,1-2H3. The molecule has 1 aromatic rings. The molecule has 92 valence electrons. The summed E-state index contributed by atoms with van der Waals surface area (Å²) in [6, 6.07) is 0.477. The van der Waals surface area contributed by atoms with Crippen LogP contribution in [0, 0.1) is 21.7 Å². The van der Waals surface area contributed by atoms with E-state index < -0.39 is 39.3 Å². The van der Waals surface area contributed by atoms with Gasteiger partial charge in [-0.05, 0) is 0 Å². The number of ether oxygens (including phenoxy) is 1. The lowest BCUT2D eigenvalue weighted by molar-refractivity contribution is -0.385. The van der Waals surface area contributed by atoms with E-state index in [2.05, 4.69) is 4.74 Å². The van der Waals surface area contributed by atoms with Gasteiger partial charge < -0.3 is 4.74 Å². The number of nitro groups is 1. The van der Waals surface area contributed by atoms with Gasteiger partial charge in [-0.15, -0.1) is 0 Å². The van der Waals surface area contributed by atoms with E-state index >= 15 is 0 Å². The number of rotatable bonds is 4. The Balaban J connectivity index is 3.62. The quantitative estimate of drug-likeness (QED) is 0.464. The summed E-state index contributed by atoms with van der Waals surface area (Å²) in [6.45, 7) is 1.42. The second-order valence-electron chi connectivity index (χ2n) is 3.13. The average Bonchev–Trinajstić information content (AvgIpc) is 2.27. The van der Waals surface area contributed by atoms with E-state index in [0.29, 0.717) is 6.07 Å². The van der Waals surface area contributed by atoms with Gasteiger partial charge in [0.2, 0.25) is 0 Å². The predicted molar refractivity (Wildman–Crippen MR) is 54.2 cm³/mol. The molecule has 0 spiro atoms. The Bertz CT molecular complexity index is 488. The fourth-order valence-corrected chi connectivity index (χ4v) is 1.36. The molecule has 0 saturated carbocycles. The van der Waals surface area contributed by atoms with Crippen molar-refractivity contribution in [3.8, 4) is 5.75 Å². The summed E-state index contributed by atoms with van der Waals surface area (Å²) in [5.74, 6) is -4.14. The second kappa shape index (κ2) is 4.86. The molecule has 0 radical (unpaired) electrons. The molecule has 0 aliphatic heterocycles. The summed E-state index contributed by atoms with van der Waals surface area (Å²) in [6.07, 6.45) is -0.132. The van der Waals surface area contributed by atoms with Crippen LogP contribution in [0.3, 0.4) is 0 Å². The number of nitrogens with zero attached hydrogens (tertiary/aromatic N) is 1. The lowest BCUT2D eigenvalue weighted by atomic mass is 10.0. The summed E-state index contributed by atoms with van der Waals surface area (Å²) in [5.41, 5.74) is -1.65. The van der Waals surface area contributed by atoms with Crippen LogP contribution in [-0.2, 0) is 0 Å². The zero-order valence-electron chi connectivity index (χ0n) is 9.12. The Hall–Kier alpha value is -2.05. The van der Waals surface area contributed by atoms with Crippen LogP contribution in [0.15, 0.2) is 6.07 Å². The SMILES string of the molecule is CCC(=O)c1c([N+](=O)[O-])cc(F)c(OC)c1F. The summed E-state index contributed by atoms with van der Waals surface area (Å²) in [5, 5.41) is 10.6. The first-order valence-corrected chi connectivity index (χ1v) is 4.67. The third-order valence-corrected chi connectivity index (χ3v) is 2.16. The normalized spacial score (nSPS) is 10.1. The van der Waals surface area contributed by atoms with Crippen molar-refractivity contribution in [2.75, 3.05) is 7.11 Å². The maximum absolute atomic E-state index is 13.7. The number of carbonyl (C=O) groups excluding carboxylic acids is 1. The fourth-order valence-electron chi connectivity index (χ4n) is 1.36. The monoisotopic (exact) mass is 245 g/mol. The second-order valence-corrected chi connectivity index (χ2v) is 3.13. The Kier molecular flexibility index (Phi) is 3.72. The Labute approximate surface area is 95.2 Å². The molecule has 1 rings (SSSR count). The number of methoxy groups -OCH3 is 1. The molecule has 0 amide bonds. The lowest BCUT2D eigenvalue weighted by Crippen LogP contribution is -2.09. The first kappa shape index (κ1) is 13.0. The van der Waals surface area contributed by atoms with Gasteiger partial charge >= 0.3 is 0 Å². The van der Waals surface area contributed by atoms with Gasteiger partial charge in [-0.2, -0.15) is 0 Å². The van der Waals surface area contributed by atoms with E-state index in [-0.39, 0.29) is 6.42 Å². The number of halogens is 2. The minimum Gasteiger partial charge on any atom is -0.491 e. The van der Waals surface area contributed by atoms with Crippen molar-refractivity contribution in [2.45, 2.75) is 13.3 Å². The molecule has 5 nitrogen and oxygen atoms in total. The molecule has 0 atom stereocenters. The fraction of sp³-hybridized carbons (Fsp3) is 0.300. The maximum Gasteiger partial charge on any atom is 0.286 e. The highest BCUT2D eigenvalue weighted by molar-refractivity contribution is 6.00. The molecule has 0 heterocycles. The molecule has 0 aromatic heterocycles. The van der Waals surface area contributed by atoms with E-state index in [4.69, 9.17) is 0 Å². The predicted octanol–water partition coefficient (Wildman–Crippen LogP) is 2.47. The van der Waals surface area contributed by atoms with Crippen LogP contribution >= 0.6 is 0 Å². The van der Waals surface area contributed by atoms with Crippen molar-refractivity contribution in [3.05, 3.63) is 33.4 Å². The molecule has 7 heteroatoms. The highest BCUT2D eigenvalue weighted by atomic mass is 19.1. The van der Waals surface area contributed by atoms with Crippen molar-refractivity contribution in [1.29, 1.82) is 0 Å². The number of hydrogen-bond acceptors (Lipinski definition) is 4. The Morgan fingerprint density at radius 1 is 1.53 bits per heavy atom. The first-order chi connectivity index (χ1) is 7.93. The lowest BCUT2D eigenvalue weighted by Gasteiger charge is -2.07. The van der Waals surface area contributed by atoms with Crippen LogP contribution in [0.1, 0.15) is 23.7 Å². The number of hydrogen-bond donors (Lipinski definition) is 0. The van der Waals surface area contributed by atoms with Gasteiger partial charge in [0.1, 0.15) is 5.56 Å². The zero-order valence-corrected chi connectivity index (χ0v) is 9.12. The van der Waals surface area contributed by atoms with Crippen LogP contribution in [0.4, 0.5) is 14.5 Å². The molecule has 0 unspecified atom stereocenters. The minimum atomic E-state index is -1.34. The number of Topliss-reactive ketones (excluding diaryl/α,β-unsaturated/α-hetero) is 1. The topological polar surface area (TPSA) is 69.4 Å². The highest BCUT2D eigenvalue weighted by Gasteiger charge is 2.29. The van der Waals surface area contributed by atoms with Gasteiger partial charge in [-0.1, -0.05) is 6.92 Å². The van der Waals surface area contributed by atoms with Gasteiger partial charge in [0, 0.05) is 6.42 Å². The van der Waals surface area contributed by atoms with Crippen molar-refractivity contribution in [2.24, 2.45) is 0 Å². The van der Waals surface area contributed by atoms with Gasteiger partial charge in [0.05, 0.1) is 18.1 Å². The van der Waals surface area contributed by atoms with Gasteiger partial charge in [-0.25, -0.2) is 8.78 Å². The van der Waals surface area contributed by atoms with Crippen molar-refractivity contribution < 1.29 is 23.2 Å². The summed E-state index contributed by atoms with van der Waals surface area (Å²) in [7, 11) is 1.01. The molecule has 1 aromatic carbocycles. The average molecular weight is 245 g/mol. The van der Waals surface area contributed by atoms with Gasteiger partial charge in [-0.3, -0.25) is 14.9 Å². The number of benzene rings is 1. The van der Waals surface area contributed by atoms with Gasteiger partial charge in [0.15, 0.2) is 23.2 Å². The van der Waals surface area contributed by atoms with E-state index in [9.17, 15) is 23.7 Å². The number of carbonyl (C=O) groups is 1. The molecule has 0 aliphatic carbocycles. The number of nitro benzene ring substituents is 1. The molecular weight excluding hydrogens is 236 g/mol. The summed E-state index contributed by atoms with van der Waals surface area (Å²) >= 11 is 0. The molecule has 0 aliphatic rings.